The summed E-state index contributed by atoms with van der Waals surface area (Å²) < 4.78 is 57.1. The Bertz CT molecular complexity index is 1910. The number of carbonyl (C=O) groups is 1. The van der Waals surface area contributed by atoms with Gasteiger partial charge in [0.2, 0.25) is 15.9 Å². The molecule has 0 aliphatic carbocycles. The van der Waals surface area contributed by atoms with E-state index in [9.17, 15) is 21.6 Å². The molecule has 0 saturated heterocycles. The number of amides is 1. The van der Waals surface area contributed by atoms with Crippen molar-refractivity contribution in [3.8, 4) is 0 Å². The van der Waals surface area contributed by atoms with Crippen molar-refractivity contribution in [3.63, 3.8) is 0 Å². The molecule has 1 heterocycles. The van der Waals surface area contributed by atoms with Gasteiger partial charge in [-0.05, 0) is 90.3 Å². The summed E-state index contributed by atoms with van der Waals surface area (Å²) in [6.45, 7) is -0.501. The van der Waals surface area contributed by atoms with Crippen LogP contribution in [0.1, 0.15) is 11.1 Å². The molecule has 43 heavy (non-hydrogen) atoms. The summed E-state index contributed by atoms with van der Waals surface area (Å²) in [6, 6.07) is 21.6. The van der Waals surface area contributed by atoms with Gasteiger partial charge in [0, 0.05) is 38.3 Å². The number of rotatable bonds is 9. The van der Waals surface area contributed by atoms with Crippen molar-refractivity contribution in [2.75, 3.05) is 22.7 Å². The van der Waals surface area contributed by atoms with Crippen LogP contribution in [-0.4, -0.2) is 40.1 Å². The zero-order valence-electron chi connectivity index (χ0n) is 22.2. The third-order valence-corrected chi connectivity index (χ3v) is 11.8. The number of hydrogen-bond donors (Lipinski definition) is 1. The molecule has 0 bridgehead atoms. The van der Waals surface area contributed by atoms with E-state index in [2.05, 4.69) is 21.2 Å². The lowest BCUT2D eigenvalue weighted by Gasteiger charge is -2.23. The predicted octanol–water partition coefficient (Wildman–Crippen LogP) is 6.99. The Hall–Kier alpha value is -2.64. The van der Waals surface area contributed by atoms with Crippen LogP contribution in [0, 0.1) is 0 Å². The summed E-state index contributed by atoms with van der Waals surface area (Å²) in [5.41, 5.74) is 2.00. The number of hydrogen-bond acceptors (Lipinski definition) is 5. The second-order valence-electron chi connectivity index (χ2n) is 9.64. The van der Waals surface area contributed by atoms with Gasteiger partial charge in [-0.25, -0.2) is 16.8 Å². The lowest BCUT2D eigenvalue weighted by atomic mass is 10.1. The van der Waals surface area contributed by atoms with Gasteiger partial charge in [-0.3, -0.25) is 9.10 Å². The van der Waals surface area contributed by atoms with Crippen LogP contribution in [0.2, 0.25) is 15.1 Å². The first-order valence-corrected chi connectivity index (χ1v) is 17.6. The number of benzene rings is 4. The van der Waals surface area contributed by atoms with Crippen molar-refractivity contribution in [3.05, 3.63) is 116 Å². The van der Waals surface area contributed by atoms with E-state index in [1.54, 1.807) is 42.5 Å². The van der Waals surface area contributed by atoms with Gasteiger partial charge in [0.1, 0.15) is 0 Å². The first-order valence-electron chi connectivity index (χ1n) is 12.8. The van der Waals surface area contributed by atoms with E-state index in [-0.39, 0.29) is 27.9 Å². The molecule has 5 rings (SSSR count). The average Bonchev–Trinajstić information content (AvgIpc) is 3.39. The maximum atomic E-state index is 13.7. The second-order valence-corrected chi connectivity index (χ2v) is 15.6. The zero-order chi connectivity index (χ0) is 30.9. The van der Waals surface area contributed by atoms with Crippen molar-refractivity contribution in [1.29, 1.82) is 0 Å². The lowest BCUT2D eigenvalue weighted by molar-refractivity contribution is -0.116. The van der Waals surface area contributed by atoms with Crippen LogP contribution in [0.15, 0.2) is 99.2 Å². The van der Waals surface area contributed by atoms with E-state index in [1.165, 1.54) is 46.8 Å². The summed E-state index contributed by atoms with van der Waals surface area (Å²) >= 11 is 21.6. The molecule has 1 N–H and O–H groups in total. The minimum Gasteiger partial charge on any atom is -0.325 e. The van der Waals surface area contributed by atoms with Gasteiger partial charge in [-0.1, -0.05) is 62.9 Å². The standard InChI is InChI=1S/C29H23BrCl3N3O5S2/c30-21-3-9-25(10-4-21)42(38,39)35(17-20-1-5-23(32)15-27(20)33)18-29(37)34-24-8-2-19-13-14-36(28(19)16-24)43(40,41)26-11-6-22(31)7-12-26/h1-12,15-16H,13-14,17-18H2,(H,34,37). The number of nitrogens with one attached hydrogen (secondary N) is 1. The molecule has 14 heteroatoms. The highest BCUT2D eigenvalue weighted by Gasteiger charge is 2.32. The van der Waals surface area contributed by atoms with Crippen molar-refractivity contribution >= 4 is 88.1 Å². The highest BCUT2D eigenvalue weighted by molar-refractivity contribution is 9.10. The average molecular weight is 744 g/mol. The van der Waals surface area contributed by atoms with Gasteiger partial charge < -0.3 is 5.32 Å². The minimum atomic E-state index is -4.14. The maximum Gasteiger partial charge on any atom is 0.264 e. The monoisotopic (exact) mass is 741 g/mol. The van der Waals surface area contributed by atoms with Crippen molar-refractivity contribution in [1.82, 2.24) is 4.31 Å². The Morgan fingerprint density at radius 3 is 2.16 bits per heavy atom. The lowest BCUT2D eigenvalue weighted by Crippen LogP contribution is -2.37. The molecule has 0 atom stereocenters. The molecule has 0 saturated carbocycles. The molecule has 4 aromatic rings. The van der Waals surface area contributed by atoms with Crippen LogP contribution in [0.5, 0.6) is 0 Å². The van der Waals surface area contributed by atoms with Crippen LogP contribution in [-0.2, 0) is 37.8 Å². The Morgan fingerprint density at radius 1 is 0.837 bits per heavy atom. The van der Waals surface area contributed by atoms with E-state index in [0.29, 0.717) is 37.9 Å². The molecule has 1 aliphatic heterocycles. The largest absolute Gasteiger partial charge is 0.325 e. The molecule has 1 amide bonds. The summed E-state index contributed by atoms with van der Waals surface area (Å²) in [5, 5.41) is 3.78. The zero-order valence-corrected chi connectivity index (χ0v) is 27.7. The number of carbonyl (C=O) groups excluding carboxylic acids is 1. The third kappa shape index (κ3) is 7.04. The molecular weight excluding hydrogens is 721 g/mol. The van der Waals surface area contributed by atoms with Gasteiger partial charge >= 0.3 is 0 Å². The van der Waals surface area contributed by atoms with Gasteiger partial charge in [-0.15, -0.1) is 0 Å². The van der Waals surface area contributed by atoms with Crippen molar-refractivity contribution in [2.24, 2.45) is 0 Å². The van der Waals surface area contributed by atoms with Gasteiger partial charge in [0.15, 0.2) is 0 Å². The minimum absolute atomic E-state index is 0.00540. The Morgan fingerprint density at radius 2 is 1.49 bits per heavy atom. The molecule has 0 spiro atoms. The van der Waals surface area contributed by atoms with Gasteiger partial charge in [-0.2, -0.15) is 4.31 Å². The maximum absolute atomic E-state index is 13.7. The quantitative estimate of drug-likeness (QED) is 0.199. The summed E-state index contributed by atoms with van der Waals surface area (Å²) in [4.78, 5) is 13.4. The number of nitrogens with zero attached hydrogens (tertiary/aromatic N) is 2. The predicted molar refractivity (Wildman–Crippen MR) is 173 cm³/mol. The number of fused-ring (bicyclic) bond motifs is 1. The van der Waals surface area contributed by atoms with Gasteiger partial charge in [0.25, 0.3) is 10.0 Å². The number of sulfonamides is 2. The van der Waals surface area contributed by atoms with Gasteiger partial charge in [0.05, 0.1) is 22.0 Å². The Balaban J connectivity index is 1.40. The van der Waals surface area contributed by atoms with Crippen LogP contribution >= 0.6 is 50.7 Å². The molecule has 0 unspecified atom stereocenters. The van der Waals surface area contributed by atoms with Crippen molar-refractivity contribution in [2.45, 2.75) is 22.8 Å². The summed E-state index contributed by atoms with van der Waals surface area (Å²) in [5.74, 6) is -0.629. The summed E-state index contributed by atoms with van der Waals surface area (Å²) in [7, 11) is -8.02. The SMILES string of the molecule is O=C(CN(Cc1ccc(Cl)cc1Cl)S(=O)(=O)c1ccc(Br)cc1)Nc1ccc2c(c1)N(S(=O)(=O)c1ccc(Cl)cc1)CC2. The number of anilines is 2. The van der Waals surface area contributed by atoms with Crippen molar-refractivity contribution < 1.29 is 21.6 Å². The molecule has 0 aromatic heterocycles. The Kier molecular flexibility index (Phi) is 9.43. The smallest absolute Gasteiger partial charge is 0.264 e. The van der Waals surface area contributed by atoms with E-state index < -0.39 is 32.5 Å². The molecule has 0 fully saturated rings. The molecule has 4 aromatic carbocycles. The normalized spacial score (nSPS) is 13.3. The van der Waals surface area contributed by atoms with E-state index in [1.807, 2.05) is 0 Å². The van der Waals surface area contributed by atoms with Crippen LogP contribution in [0.3, 0.4) is 0 Å². The molecule has 0 radical (unpaired) electrons. The molecular formula is C29H23BrCl3N3O5S2. The van der Waals surface area contributed by atoms with E-state index in [0.717, 1.165) is 9.87 Å². The highest BCUT2D eigenvalue weighted by Crippen LogP contribution is 2.35. The Labute approximate surface area is 273 Å². The fourth-order valence-corrected chi connectivity index (χ4v) is 8.32. The molecule has 1 aliphatic rings. The molecule has 8 nitrogen and oxygen atoms in total. The third-order valence-electron chi connectivity index (χ3n) is 6.76. The van der Waals surface area contributed by atoms with Crippen LogP contribution in [0.25, 0.3) is 0 Å². The summed E-state index contributed by atoms with van der Waals surface area (Å²) in [6.07, 6.45) is 0.497. The second kappa shape index (κ2) is 12.8. The van der Waals surface area contributed by atoms with Crippen LogP contribution < -0.4 is 9.62 Å². The first-order chi connectivity index (χ1) is 20.3. The van der Waals surface area contributed by atoms with E-state index in [4.69, 9.17) is 34.8 Å². The molecule has 224 valence electrons. The first kappa shape index (κ1) is 31.8. The fraction of sp³-hybridized carbons (Fsp3) is 0.138. The topological polar surface area (TPSA) is 104 Å². The fourth-order valence-electron chi connectivity index (χ4n) is 4.59. The van der Waals surface area contributed by atoms with E-state index >= 15 is 0 Å². The van der Waals surface area contributed by atoms with Crippen LogP contribution in [0.4, 0.5) is 11.4 Å². The number of halogens is 4. The highest BCUT2D eigenvalue weighted by atomic mass is 79.9.